The van der Waals surface area contributed by atoms with Crippen LogP contribution in [0.3, 0.4) is 0 Å². The van der Waals surface area contributed by atoms with Crippen molar-refractivity contribution in [1.82, 2.24) is 0 Å². The van der Waals surface area contributed by atoms with Gasteiger partial charge in [-0.1, -0.05) is 123 Å². The number of fused-ring (bicyclic) bond motifs is 3. The van der Waals surface area contributed by atoms with Crippen LogP contribution < -0.4 is 0 Å². The molecular weight excluding hydrogens is 584 g/mol. The van der Waals surface area contributed by atoms with Crippen molar-refractivity contribution in [2.45, 2.75) is 56.7 Å². The van der Waals surface area contributed by atoms with Crippen LogP contribution in [0.25, 0.3) is 11.1 Å². The maximum Gasteiger partial charge on any atom is 0.508 e. The molecule has 6 rings (SSSR count). The monoisotopic (exact) mass is 624 g/mol. The minimum Gasteiger partial charge on any atom is -0.433 e. The van der Waals surface area contributed by atoms with E-state index in [1.807, 2.05) is 84.9 Å². The second kappa shape index (κ2) is 15.1. The van der Waals surface area contributed by atoms with Gasteiger partial charge in [-0.15, -0.1) is 11.8 Å². The lowest BCUT2D eigenvalue weighted by molar-refractivity contribution is -0.204. The van der Waals surface area contributed by atoms with Crippen molar-refractivity contribution < 1.29 is 28.5 Å². The highest BCUT2D eigenvalue weighted by Gasteiger charge is 2.47. The van der Waals surface area contributed by atoms with Crippen LogP contribution in [0.15, 0.2) is 109 Å². The quantitative estimate of drug-likeness (QED) is 0.147. The van der Waals surface area contributed by atoms with E-state index in [-0.39, 0.29) is 36.6 Å². The topological polar surface area (TPSA) is 63.2 Å². The van der Waals surface area contributed by atoms with E-state index in [0.717, 1.165) is 28.0 Å². The zero-order chi connectivity index (χ0) is 31.0. The molecule has 1 aliphatic heterocycles. The van der Waals surface area contributed by atoms with E-state index in [9.17, 15) is 4.79 Å². The largest absolute Gasteiger partial charge is 0.508 e. The molecule has 0 saturated carbocycles. The first-order valence-corrected chi connectivity index (χ1v) is 16.7. The van der Waals surface area contributed by atoms with Gasteiger partial charge >= 0.3 is 6.16 Å². The Labute approximate surface area is 270 Å². The summed E-state index contributed by atoms with van der Waals surface area (Å²) in [7, 11) is 0. The van der Waals surface area contributed by atoms with E-state index in [2.05, 4.69) is 38.1 Å². The van der Waals surface area contributed by atoms with Crippen molar-refractivity contribution in [3.63, 3.8) is 0 Å². The summed E-state index contributed by atoms with van der Waals surface area (Å²) in [5.41, 5.74) is 6.58. The van der Waals surface area contributed by atoms with Gasteiger partial charge in [0.25, 0.3) is 0 Å². The Morgan fingerprint density at radius 1 is 0.733 bits per heavy atom. The fourth-order valence-corrected chi connectivity index (χ4v) is 7.38. The summed E-state index contributed by atoms with van der Waals surface area (Å²) in [5, 5.41) is 0. The Morgan fingerprint density at radius 2 is 1.31 bits per heavy atom. The predicted molar refractivity (Wildman–Crippen MR) is 177 cm³/mol. The van der Waals surface area contributed by atoms with Gasteiger partial charge < -0.3 is 23.7 Å². The Balaban J connectivity index is 1.16. The third-order valence-electron chi connectivity index (χ3n) is 8.55. The fourth-order valence-electron chi connectivity index (χ4n) is 6.32. The molecule has 45 heavy (non-hydrogen) atoms. The van der Waals surface area contributed by atoms with Gasteiger partial charge in [0.05, 0.1) is 25.9 Å². The van der Waals surface area contributed by atoms with Crippen molar-refractivity contribution in [3.8, 4) is 11.1 Å². The highest BCUT2D eigenvalue weighted by Crippen LogP contribution is 2.44. The second-order valence-electron chi connectivity index (χ2n) is 11.5. The van der Waals surface area contributed by atoms with Crippen LogP contribution in [0.5, 0.6) is 0 Å². The van der Waals surface area contributed by atoms with Crippen LogP contribution in [0.4, 0.5) is 4.79 Å². The second-order valence-corrected chi connectivity index (χ2v) is 12.9. The first-order chi connectivity index (χ1) is 22.1. The molecule has 0 amide bonds. The molecule has 0 bridgehead atoms. The number of carbonyl (C=O) groups is 1. The number of rotatable bonds is 12. The van der Waals surface area contributed by atoms with E-state index < -0.39 is 18.4 Å². The highest BCUT2D eigenvalue weighted by molar-refractivity contribution is 7.99. The molecule has 1 saturated heterocycles. The molecule has 0 N–H and O–H groups in total. The smallest absolute Gasteiger partial charge is 0.433 e. The summed E-state index contributed by atoms with van der Waals surface area (Å²) in [6, 6.07) is 36.7. The summed E-state index contributed by atoms with van der Waals surface area (Å²) < 4.78 is 31.2. The van der Waals surface area contributed by atoms with Crippen molar-refractivity contribution in [2.24, 2.45) is 5.92 Å². The SMILES string of the molecule is CCS[C@@H]1OC(COCc2ccccc2)[C@H](OC(=O)OCC2c3ccccc3-c3ccccc32)[C@H](C)C1OCc1ccccc1. The van der Waals surface area contributed by atoms with Crippen LogP contribution in [-0.4, -0.2) is 48.9 Å². The molecule has 6 nitrogen and oxygen atoms in total. The predicted octanol–water partition coefficient (Wildman–Crippen LogP) is 8.24. The third-order valence-corrected chi connectivity index (χ3v) is 9.59. The molecule has 2 aliphatic rings. The van der Waals surface area contributed by atoms with Gasteiger partial charge in [0, 0.05) is 11.8 Å². The van der Waals surface area contributed by atoms with E-state index >= 15 is 0 Å². The first-order valence-electron chi connectivity index (χ1n) is 15.7. The van der Waals surface area contributed by atoms with Crippen molar-refractivity contribution in [3.05, 3.63) is 131 Å². The van der Waals surface area contributed by atoms with Crippen LogP contribution in [-0.2, 0) is 36.9 Å². The van der Waals surface area contributed by atoms with Gasteiger partial charge in [-0.3, -0.25) is 0 Å². The van der Waals surface area contributed by atoms with Gasteiger partial charge in [0.1, 0.15) is 24.3 Å². The molecule has 4 aromatic rings. The van der Waals surface area contributed by atoms with Crippen LogP contribution in [0.1, 0.15) is 42.0 Å². The Hall–Kier alpha value is -3.62. The Morgan fingerprint density at radius 3 is 1.93 bits per heavy atom. The molecule has 234 valence electrons. The highest BCUT2D eigenvalue weighted by atomic mass is 32.2. The van der Waals surface area contributed by atoms with Gasteiger partial charge in [-0.2, -0.15) is 0 Å². The fraction of sp³-hybridized carbons (Fsp3) is 0.342. The molecule has 7 heteroatoms. The molecule has 0 radical (unpaired) electrons. The first kappa shape index (κ1) is 31.4. The summed E-state index contributed by atoms with van der Waals surface area (Å²) in [5.74, 6) is 0.637. The molecule has 2 unspecified atom stereocenters. The maximum atomic E-state index is 13.4. The number of thioether (sulfide) groups is 1. The number of carbonyl (C=O) groups excluding carboxylic acids is 1. The minimum absolute atomic E-state index is 0.0535. The summed E-state index contributed by atoms with van der Waals surface area (Å²) in [6.07, 6.45) is -2.11. The average molecular weight is 625 g/mol. The molecule has 0 aromatic heterocycles. The van der Waals surface area contributed by atoms with Crippen molar-refractivity contribution in [2.75, 3.05) is 19.0 Å². The lowest BCUT2D eigenvalue weighted by Crippen LogP contribution is -2.56. The lowest BCUT2D eigenvalue weighted by Gasteiger charge is -2.44. The average Bonchev–Trinajstić information content (AvgIpc) is 3.40. The molecular formula is C38H40O6S. The maximum absolute atomic E-state index is 13.4. The van der Waals surface area contributed by atoms with Crippen LogP contribution in [0, 0.1) is 5.92 Å². The molecule has 4 aromatic carbocycles. The molecule has 1 heterocycles. The van der Waals surface area contributed by atoms with E-state index in [0.29, 0.717) is 13.2 Å². The molecule has 5 atom stereocenters. The summed E-state index contributed by atoms with van der Waals surface area (Å²) in [4.78, 5) is 13.4. The number of hydrogen-bond donors (Lipinski definition) is 0. The number of benzene rings is 4. The van der Waals surface area contributed by atoms with Crippen LogP contribution in [0.2, 0.25) is 0 Å². The van der Waals surface area contributed by atoms with Gasteiger partial charge in [-0.05, 0) is 39.1 Å². The zero-order valence-corrected chi connectivity index (χ0v) is 26.6. The standard InChI is InChI=1S/C38H40O6S/c1-3-45-37-36(41-23-28-16-8-5-9-17-28)26(2)35(34(43-37)25-40-22-27-14-6-4-7-15-27)44-38(39)42-24-33-31-20-12-10-18-29(31)30-19-11-13-21-32(30)33/h4-21,26,33-37H,3,22-25H2,1-2H3/t26-,34?,35+,36?,37-/m0/s1. The van der Waals surface area contributed by atoms with E-state index in [1.54, 1.807) is 11.8 Å². The van der Waals surface area contributed by atoms with Gasteiger partial charge in [-0.25, -0.2) is 4.79 Å². The molecule has 0 spiro atoms. The molecule has 1 aliphatic carbocycles. The number of hydrogen-bond acceptors (Lipinski definition) is 7. The minimum atomic E-state index is -0.714. The number of ether oxygens (including phenoxy) is 5. The summed E-state index contributed by atoms with van der Waals surface area (Å²) in [6.45, 7) is 5.50. The van der Waals surface area contributed by atoms with Crippen molar-refractivity contribution in [1.29, 1.82) is 0 Å². The summed E-state index contributed by atoms with van der Waals surface area (Å²) >= 11 is 1.69. The third kappa shape index (κ3) is 7.45. The van der Waals surface area contributed by atoms with Gasteiger partial charge in [0.2, 0.25) is 0 Å². The Bertz CT molecular complexity index is 1480. The zero-order valence-electron chi connectivity index (χ0n) is 25.7. The van der Waals surface area contributed by atoms with Gasteiger partial charge in [0.15, 0.2) is 0 Å². The van der Waals surface area contributed by atoms with E-state index in [4.69, 9.17) is 23.7 Å². The Kier molecular flexibility index (Phi) is 10.5. The van der Waals surface area contributed by atoms with E-state index in [1.165, 1.54) is 11.1 Å². The van der Waals surface area contributed by atoms with Crippen LogP contribution >= 0.6 is 11.8 Å². The van der Waals surface area contributed by atoms with Crippen molar-refractivity contribution >= 4 is 17.9 Å². The lowest BCUT2D eigenvalue weighted by atomic mass is 9.91. The molecule has 1 fully saturated rings. The normalized spacial score (nSPS) is 22.4.